The summed E-state index contributed by atoms with van der Waals surface area (Å²) in [5.41, 5.74) is 5.54. The second-order valence-corrected chi connectivity index (χ2v) is 9.66. The highest BCUT2D eigenvalue weighted by Crippen LogP contribution is 2.35. The number of nitrogens with two attached hydrogens (primary N) is 1. The maximum absolute atomic E-state index is 12.8. The first-order chi connectivity index (χ1) is 14.7. The summed E-state index contributed by atoms with van der Waals surface area (Å²) in [6.45, 7) is 5.55. The van der Waals surface area contributed by atoms with Gasteiger partial charge in [-0.15, -0.1) is 0 Å². The molecule has 1 fully saturated rings. The van der Waals surface area contributed by atoms with Gasteiger partial charge in [0, 0.05) is 6.42 Å². The Morgan fingerprint density at radius 3 is 2.60 bits per heavy atom. The van der Waals surface area contributed by atoms with E-state index in [2.05, 4.69) is 29.1 Å². The molecular weight excluding hydrogens is 376 g/mol. The molecule has 172 valence electrons. The molecule has 0 saturated carbocycles. The van der Waals surface area contributed by atoms with E-state index in [9.17, 15) is 4.79 Å². The number of nitrogens with zero attached hydrogens (tertiary/aromatic N) is 1. The van der Waals surface area contributed by atoms with Gasteiger partial charge in [0.15, 0.2) is 0 Å². The summed E-state index contributed by atoms with van der Waals surface area (Å²) >= 11 is 0. The first-order valence-corrected chi connectivity index (χ1v) is 12.7. The Labute approximate surface area is 183 Å². The van der Waals surface area contributed by atoms with Gasteiger partial charge in [0.05, 0.1) is 30.8 Å². The minimum atomic E-state index is -0.0851. The molecule has 6 nitrogen and oxygen atoms in total. The first kappa shape index (κ1) is 23.4. The van der Waals surface area contributed by atoms with E-state index in [0.717, 1.165) is 19.3 Å². The number of carbonyl (C=O) groups excluding carboxylic acids is 1. The van der Waals surface area contributed by atoms with Crippen LogP contribution in [-0.4, -0.2) is 53.8 Å². The van der Waals surface area contributed by atoms with Crippen LogP contribution in [0.4, 0.5) is 0 Å². The molecule has 1 saturated heterocycles. The Morgan fingerprint density at radius 1 is 1.07 bits per heavy atom. The van der Waals surface area contributed by atoms with Crippen LogP contribution in [0.1, 0.15) is 97.3 Å². The molecule has 0 radical (unpaired) electrons. The van der Waals surface area contributed by atoms with Gasteiger partial charge in [0.2, 0.25) is 0 Å². The number of esters is 1. The van der Waals surface area contributed by atoms with Crippen molar-refractivity contribution in [1.29, 1.82) is 0 Å². The van der Waals surface area contributed by atoms with Crippen molar-refractivity contribution < 1.29 is 14.1 Å². The lowest BCUT2D eigenvalue weighted by molar-refractivity contribution is -0.598. The predicted octanol–water partition coefficient (Wildman–Crippen LogP) is 3.28. The Morgan fingerprint density at radius 2 is 1.83 bits per heavy atom. The zero-order valence-electron chi connectivity index (χ0n) is 19.3. The van der Waals surface area contributed by atoms with Crippen molar-refractivity contribution in [1.82, 2.24) is 10.6 Å². The van der Waals surface area contributed by atoms with Crippen LogP contribution in [0, 0.1) is 5.92 Å². The molecule has 3 aliphatic rings. The number of ether oxygens (including phenoxy) is 1. The number of rotatable bonds is 13. The molecule has 0 aromatic rings. The van der Waals surface area contributed by atoms with Gasteiger partial charge >= 0.3 is 11.9 Å². The fourth-order valence-electron chi connectivity index (χ4n) is 5.67. The highest BCUT2D eigenvalue weighted by atomic mass is 16.5. The van der Waals surface area contributed by atoms with Crippen molar-refractivity contribution in [3.63, 3.8) is 0 Å². The van der Waals surface area contributed by atoms with Crippen LogP contribution in [0.3, 0.4) is 0 Å². The summed E-state index contributed by atoms with van der Waals surface area (Å²) in [6, 6.07) is 1.51. The van der Waals surface area contributed by atoms with Gasteiger partial charge in [-0.05, 0) is 45.6 Å². The topological polar surface area (TPSA) is 79.4 Å². The van der Waals surface area contributed by atoms with Gasteiger partial charge in [-0.3, -0.25) is 20.0 Å². The van der Waals surface area contributed by atoms with Crippen molar-refractivity contribution in [2.75, 3.05) is 13.2 Å². The van der Waals surface area contributed by atoms with E-state index in [-0.39, 0.29) is 24.0 Å². The zero-order valence-corrected chi connectivity index (χ0v) is 19.3. The Balaban J connectivity index is 1.49. The van der Waals surface area contributed by atoms with Crippen LogP contribution in [0.5, 0.6) is 0 Å². The van der Waals surface area contributed by atoms with Crippen LogP contribution in [0.15, 0.2) is 0 Å². The van der Waals surface area contributed by atoms with Crippen molar-refractivity contribution in [3.05, 3.63) is 0 Å². The molecule has 5 atom stereocenters. The number of hydrogen-bond acceptors (Lipinski definition) is 5. The average molecular weight is 422 g/mol. The fourth-order valence-corrected chi connectivity index (χ4v) is 5.67. The van der Waals surface area contributed by atoms with Crippen LogP contribution >= 0.6 is 0 Å². The lowest BCUT2D eigenvalue weighted by atomic mass is 9.89. The molecule has 4 N–H and O–H groups in total. The molecule has 0 aromatic carbocycles. The summed E-state index contributed by atoms with van der Waals surface area (Å²) in [7, 11) is 0. The number of unbranched alkanes of at least 4 members (excludes halogenated alkanes) is 7. The van der Waals surface area contributed by atoms with Crippen LogP contribution in [0.25, 0.3) is 0 Å². The largest absolute Gasteiger partial charge is 0.465 e. The summed E-state index contributed by atoms with van der Waals surface area (Å²) in [4.78, 5) is 12.8. The highest BCUT2D eigenvalue weighted by molar-refractivity contribution is 5.81. The SMILES string of the molecule is CCCCCCCCC[C@@H]1C[C@@H]2CC[C@H]3[C@H](C(=O)OCCCCN)[C@H](C)NC(=[N+]23)N1. The molecule has 0 aromatic heterocycles. The maximum atomic E-state index is 12.8. The minimum absolute atomic E-state index is 0.0399. The third-order valence-corrected chi connectivity index (χ3v) is 7.29. The van der Waals surface area contributed by atoms with Gasteiger partial charge in [-0.2, -0.15) is 0 Å². The minimum Gasteiger partial charge on any atom is -0.465 e. The number of nitrogens with one attached hydrogen (secondary N) is 2. The Kier molecular flexibility index (Phi) is 9.28. The van der Waals surface area contributed by atoms with E-state index >= 15 is 0 Å². The summed E-state index contributed by atoms with van der Waals surface area (Å²) in [6.07, 6.45) is 16.1. The van der Waals surface area contributed by atoms with Gasteiger partial charge in [0.25, 0.3) is 0 Å². The van der Waals surface area contributed by atoms with Crippen molar-refractivity contribution >= 4 is 11.9 Å². The van der Waals surface area contributed by atoms with Crippen LogP contribution < -0.4 is 16.4 Å². The predicted molar refractivity (Wildman–Crippen MR) is 122 cm³/mol. The van der Waals surface area contributed by atoms with Crippen LogP contribution in [-0.2, 0) is 9.53 Å². The highest BCUT2D eigenvalue weighted by Gasteiger charge is 2.52. The smallest absolute Gasteiger partial charge is 0.346 e. The number of guanidine groups is 1. The molecule has 3 rings (SSSR count). The monoisotopic (exact) mass is 421 g/mol. The van der Waals surface area contributed by atoms with Crippen molar-refractivity contribution in [3.8, 4) is 0 Å². The zero-order chi connectivity index (χ0) is 21.3. The molecule has 0 spiro atoms. The molecule has 30 heavy (non-hydrogen) atoms. The molecular formula is C24H45N4O2+. The van der Waals surface area contributed by atoms with Gasteiger partial charge in [-0.1, -0.05) is 51.9 Å². The Bertz CT molecular complexity index is 580. The van der Waals surface area contributed by atoms with E-state index < -0.39 is 0 Å². The van der Waals surface area contributed by atoms with E-state index in [1.54, 1.807) is 0 Å². The molecule has 0 unspecified atom stereocenters. The van der Waals surface area contributed by atoms with E-state index in [1.807, 2.05) is 0 Å². The summed E-state index contributed by atoms with van der Waals surface area (Å²) < 4.78 is 8.09. The first-order valence-electron chi connectivity index (χ1n) is 12.7. The molecule has 0 aliphatic carbocycles. The standard InChI is InChI=1S/C24H44N4O2/c1-3-4-5-6-7-8-9-12-19-17-20-13-14-21-22(23(29)30-16-11-10-15-25)18(2)26-24(27-19)28(20)21/h18-22H,3-17,25H2,1-2H3,(H,26,27)/p+1/t18-,19+,20-,21-,22+/m0/s1. The lowest BCUT2D eigenvalue weighted by Gasteiger charge is -2.38. The maximum Gasteiger partial charge on any atom is 0.346 e. The summed E-state index contributed by atoms with van der Waals surface area (Å²) in [5.74, 6) is 1.04. The lowest BCUT2D eigenvalue weighted by Crippen LogP contribution is -2.66. The summed E-state index contributed by atoms with van der Waals surface area (Å²) in [5, 5.41) is 7.40. The second-order valence-electron chi connectivity index (χ2n) is 9.66. The Hall–Kier alpha value is -1.30. The third kappa shape index (κ3) is 5.89. The van der Waals surface area contributed by atoms with E-state index in [0.29, 0.717) is 25.2 Å². The molecule has 3 heterocycles. The molecule has 0 amide bonds. The average Bonchev–Trinajstić information content (AvgIpc) is 3.15. The molecule has 6 heteroatoms. The van der Waals surface area contributed by atoms with Crippen molar-refractivity contribution in [2.45, 2.75) is 121 Å². The van der Waals surface area contributed by atoms with Gasteiger partial charge in [-0.25, -0.2) is 0 Å². The van der Waals surface area contributed by atoms with E-state index in [4.69, 9.17) is 10.5 Å². The van der Waals surface area contributed by atoms with Crippen LogP contribution in [0.2, 0.25) is 0 Å². The molecule has 0 bridgehead atoms. The number of carbonyl (C=O) groups is 1. The van der Waals surface area contributed by atoms with Crippen molar-refractivity contribution in [2.24, 2.45) is 11.7 Å². The van der Waals surface area contributed by atoms with Gasteiger partial charge < -0.3 is 10.5 Å². The van der Waals surface area contributed by atoms with E-state index in [1.165, 1.54) is 70.2 Å². The normalized spacial score (nSPS) is 29.9. The third-order valence-electron chi connectivity index (χ3n) is 7.29. The van der Waals surface area contributed by atoms with Gasteiger partial charge in [0.1, 0.15) is 5.92 Å². The second kappa shape index (κ2) is 11.9. The number of hydrogen-bond donors (Lipinski definition) is 3. The molecule has 3 aliphatic heterocycles. The quantitative estimate of drug-likeness (QED) is 0.242. The fraction of sp³-hybridized carbons (Fsp3) is 0.917.